The lowest BCUT2D eigenvalue weighted by molar-refractivity contribution is -0.123. The van der Waals surface area contributed by atoms with E-state index >= 15 is 0 Å². The van der Waals surface area contributed by atoms with Crippen LogP contribution in [0.3, 0.4) is 0 Å². The van der Waals surface area contributed by atoms with Crippen molar-refractivity contribution in [2.24, 2.45) is 5.41 Å². The summed E-state index contributed by atoms with van der Waals surface area (Å²) in [6.07, 6.45) is 2.34. The number of carbonyl (C=O) groups excluding carboxylic acids is 2. The number of anilines is 1. The first kappa shape index (κ1) is 19.9. The number of hydrogen-bond donors (Lipinski definition) is 1. The van der Waals surface area contributed by atoms with Crippen LogP contribution in [0.4, 0.5) is 5.69 Å². The molecule has 0 bridgehead atoms. The van der Waals surface area contributed by atoms with Crippen molar-refractivity contribution >= 4 is 45.7 Å². The summed E-state index contributed by atoms with van der Waals surface area (Å²) in [5.74, 6) is 0.00621. The normalized spacial score (nSPS) is 15.8. The number of ketones is 1. The maximum atomic E-state index is 12.6. The van der Waals surface area contributed by atoms with Crippen LogP contribution in [0.25, 0.3) is 0 Å². The van der Waals surface area contributed by atoms with E-state index < -0.39 is 5.41 Å². The van der Waals surface area contributed by atoms with Crippen molar-refractivity contribution in [2.75, 3.05) is 18.4 Å². The topological polar surface area (TPSA) is 49.4 Å². The van der Waals surface area contributed by atoms with E-state index in [4.69, 9.17) is 12.2 Å². The highest BCUT2D eigenvalue weighted by molar-refractivity contribution is 8.23. The van der Waals surface area contributed by atoms with Gasteiger partial charge in [-0.05, 0) is 44.0 Å². The van der Waals surface area contributed by atoms with Crippen LogP contribution in [0.15, 0.2) is 24.3 Å². The molecule has 6 heteroatoms. The molecule has 1 aliphatic heterocycles. The summed E-state index contributed by atoms with van der Waals surface area (Å²) in [4.78, 5) is 26.8. The van der Waals surface area contributed by atoms with Gasteiger partial charge in [0.15, 0.2) is 5.78 Å². The summed E-state index contributed by atoms with van der Waals surface area (Å²) < 4.78 is 0.812. The molecule has 1 saturated heterocycles. The second-order valence-corrected chi connectivity index (χ2v) is 9.34. The molecule has 136 valence electrons. The predicted molar refractivity (Wildman–Crippen MR) is 109 cm³/mol. The number of thioether (sulfide) groups is 1. The fourth-order valence-electron chi connectivity index (χ4n) is 2.45. The summed E-state index contributed by atoms with van der Waals surface area (Å²) in [5, 5.41) is 2.64. The summed E-state index contributed by atoms with van der Waals surface area (Å²) in [6, 6.07) is 7.06. The van der Waals surface area contributed by atoms with E-state index in [9.17, 15) is 9.59 Å². The molecular formula is C19H26N2O2S2. The maximum absolute atomic E-state index is 12.6. The SMILES string of the molecule is C[C@H](SC(=S)N1CCCC1)C(=O)c1ccc(NC(=O)C(C)(C)C)cc1. The molecule has 0 unspecified atom stereocenters. The molecule has 1 atom stereocenters. The van der Waals surface area contributed by atoms with Crippen molar-refractivity contribution in [3.05, 3.63) is 29.8 Å². The molecule has 0 aromatic heterocycles. The second-order valence-electron chi connectivity index (χ2n) is 7.37. The quantitative estimate of drug-likeness (QED) is 0.623. The van der Waals surface area contributed by atoms with Crippen molar-refractivity contribution in [1.82, 2.24) is 4.90 Å². The average Bonchev–Trinajstić information content (AvgIpc) is 3.08. The van der Waals surface area contributed by atoms with Crippen LogP contribution in [0, 0.1) is 5.41 Å². The molecule has 4 nitrogen and oxygen atoms in total. The first-order valence-electron chi connectivity index (χ1n) is 8.60. The highest BCUT2D eigenvalue weighted by Crippen LogP contribution is 2.24. The molecule has 1 aromatic rings. The van der Waals surface area contributed by atoms with Crippen molar-refractivity contribution < 1.29 is 9.59 Å². The molecular weight excluding hydrogens is 352 g/mol. The van der Waals surface area contributed by atoms with Crippen LogP contribution in [0.2, 0.25) is 0 Å². The molecule has 1 aliphatic rings. The van der Waals surface area contributed by atoms with E-state index in [0.717, 1.165) is 17.4 Å². The number of benzene rings is 1. The predicted octanol–water partition coefficient (Wildman–Crippen LogP) is 4.36. The number of likely N-dealkylation sites (tertiary alicyclic amines) is 1. The minimum absolute atomic E-state index is 0.0496. The van der Waals surface area contributed by atoms with Gasteiger partial charge in [-0.3, -0.25) is 9.59 Å². The molecule has 1 amide bonds. The number of nitrogens with one attached hydrogen (secondary N) is 1. The largest absolute Gasteiger partial charge is 0.358 e. The Hall–Kier alpha value is -1.40. The number of hydrogen-bond acceptors (Lipinski definition) is 4. The molecule has 0 spiro atoms. The van der Waals surface area contributed by atoms with Gasteiger partial charge in [0.05, 0.1) is 5.25 Å². The zero-order valence-electron chi connectivity index (χ0n) is 15.3. The van der Waals surface area contributed by atoms with Crippen LogP contribution in [0.1, 0.15) is 50.9 Å². The third-order valence-electron chi connectivity index (χ3n) is 4.12. The third-order valence-corrected chi connectivity index (χ3v) is 5.69. The van der Waals surface area contributed by atoms with Crippen molar-refractivity contribution in [3.63, 3.8) is 0 Å². The van der Waals surface area contributed by atoms with Gasteiger partial charge in [0.1, 0.15) is 4.32 Å². The molecule has 25 heavy (non-hydrogen) atoms. The molecule has 1 N–H and O–H groups in total. The number of Topliss-reactive ketones (excluding diaryl/α,β-unsaturated/α-hetero) is 1. The Morgan fingerprint density at radius 3 is 2.24 bits per heavy atom. The van der Waals surface area contributed by atoms with Crippen molar-refractivity contribution in [3.8, 4) is 0 Å². The monoisotopic (exact) mass is 378 g/mol. The molecule has 1 aromatic carbocycles. The molecule has 2 rings (SSSR count). The van der Waals surface area contributed by atoms with E-state index in [1.54, 1.807) is 24.3 Å². The van der Waals surface area contributed by atoms with Crippen LogP contribution >= 0.6 is 24.0 Å². The molecule has 0 saturated carbocycles. The van der Waals surface area contributed by atoms with Gasteiger partial charge >= 0.3 is 0 Å². The van der Waals surface area contributed by atoms with Gasteiger partial charge in [-0.2, -0.15) is 0 Å². The van der Waals surface area contributed by atoms with Crippen LogP contribution < -0.4 is 5.32 Å². The van der Waals surface area contributed by atoms with E-state index in [-0.39, 0.29) is 16.9 Å². The molecule has 1 heterocycles. The minimum atomic E-state index is -0.453. The molecule has 0 radical (unpaired) electrons. The Morgan fingerprint density at radius 2 is 1.72 bits per heavy atom. The van der Waals surface area contributed by atoms with Crippen LogP contribution in [0.5, 0.6) is 0 Å². The number of nitrogens with zero attached hydrogens (tertiary/aromatic N) is 1. The number of carbonyl (C=O) groups is 2. The maximum Gasteiger partial charge on any atom is 0.229 e. The number of amides is 1. The van der Waals surface area contributed by atoms with Gasteiger partial charge in [0.25, 0.3) is 0 Å². The van der Waals surface area contributed by atoms with Gasteiger partial charge in [-0.25, -0.2) is 0 Å². The summed E-state index contributed by atoms with van der Waals surface area (Å²) in [6.45, 7) is 9.47. The third kappa shape index (κ3) is 5.54. The van der Waals surface area contributed by atoms with E-state index in [2.05, 4.69) is 10.2 Å². The van der Waals surface area contributed by atoms with E-state index in [0.29, 0.717) is 11.3 Å². The van der Waals surface area contributed by atoms with Gasteiger partial charge in [0.2, 0.25) is 5.91 Å². The Kier molecular flexibility index (Phi) is 6.63. The lowest BCUT2D eigenvalue weighted by Crippen LogP contribution is -2.27. The van der Waals surface area contributed by atoms with Crippen molar-refractivity contribution in [2.45, 2.75) is 45.8 Å². The van der Waals surface area contributed by atoms with Gasteiger partial charge in [-0.15, -0.1) is 0 Å². The molecule has 1 fully saturated rings. The Morgan fingerprint density at radius 1 is 1.16 bits per heavy atom. The minimum Gasteiger partial charge on any atom is -0.358 e. The Balaban J connectivity index is 1.95. The summed E-state index contributed by atoms with van der Waals surface area (Å²) in [5.41, 5.74) is 0.882. The number of rotatable bonds is 4. The first-order valence-corrected chi connectivity index (χ1v) is 9.88. The van der Waals surface area contributed by atoms with Gasteiger partial charge in [0, 0.05) is 29.8 Å². The van der Waals surface area contributed by atoms with E-state index in [1.165, 1.54) is 24.6 Å². The van der Waals surface area contributed by atoms with Gasteiger partial charge < -0.3 is 10.2 Å². The lowest BCUT2D eigenvalue weighted by atomic mass is 9.95. The lowest BCUT2D eigenvalue weighted by Gasteiger charge is -2.20. The highest BCUT2D eigenvalue weighted by atomic mass is 32.2. The Bertz CT molecular complexity index is 644. The smallest absolute Gasteiger partial charge is 0.229 e. The fraction of sp³-hybridized carbons (Fsp3) is 0.526. The zero-order chi connectivity index (χ0) is 18.6. The zero-order valence-corrected chi connectivity index (χ0v) is 16.9. The fourth-order valence-corrected chi connectivity index (χ4v) is 3.94. The second kappa shape index (κ2) is 8.32. The van der Waals surface area contributed by atoms with Gasteiger partial charge in [-0.1, -0.05) is 44.8 Å². The standard InChI is InChI=1S/C19H26N2O2S2/c1-13(25-18(24)21-11-5-6-12-21)16(22)14-7-9-15(10-8-14)20-17(23)19(2,3)4/h7-10,13H,5-6,11-12H2,1-4H3,(H,20,23)/t13-/m0/s1. The van der Waals surface area contributed by atoms with Crippen LogP contribution in [-0.2, 0) is 4.79 Å². The average molecular weight is 379 g/mol. The summed E-state index contributed by atoms with van der Waals surface area (Å²) >= 11 is 6.91. The molecule has 0 aliphatic carbocycles. The highest BCUT2D eigenvalue weighted by Gasteiger charge is 2.23. The van der Waals surface area contributed by atoms with Crippen molar-refractivity contribution in [1.29, 1.82) is 0 Å². The first-order chi connectivity index (χ1) is 11.7. The van der Waals surface area contributed by atoms with E-state index in [1.807, 2.05) is 27.7 Å². The van der Waals surface area contributed by atoms with Crippen LogP contribution in [-0.4, -0.2) is 39.3 Å². The summed E-state index contributed by atoms with van der Waals surface area (Å²) in [7, 11) is 0. The number of thiocarbonyl (C=S) groups is 1. The Labute approximate surface area is 159 Å².